The van der Waals surface area contributed by atoms with Crippen LogP contribution in [0.4, 0.5) is 4.79 Å². The molecule has 1 aliphatic heterocycles. The van der Waals surface area contributed by atoms with E-state index in [4.69, 9.17) is 16.0 Å². The van der Waals surface area contributed by atoms with E-state index in [1.807, 2.05) is 24.3 Å². The van der Waals surface area contributed by atoms with Crippen LogP contribution in [0.25, 0.3) is 17.4 Å². The highest BCUT2D eigenvalue weighted by molar-refractivity contribution is 9.10. The largest absolute Gasteiger partial charge is 0.457 e. The van der Waals surface area contributed by atoms with Gasteiger partial charge in [0, 0.05) is 26.7 Å². The van der Waals surface area contributed by atoms with Gasteiger partial charge in [-0.3, -0.25) is 19.3 Å². The lowest BCUT2D eigenvalue weighted by Gasteiger charge is -2.11. The van der Waals surface area contributed by atoms with Gasteiger partial charge in [-0.2, -0.15) is 0 Å². The van der Waals surface area contributed by atoms with E-state index >= 15 is 0 Å². The Labute approximate surface area is 189 Å². The maximum atomic E-state index is 12.7. The van der Waals surface area contributed by atoms with Crippen molar-refractivity contribution in [3.05, 3.63) is 86.4 Å². The topological polar surface area (TPSA) is 67.6 Å². The molecule has 1 saturated heterocycles. The fourth-order valence-electron chi connectivity index (χ4n) is 2.84. The number of carbonyl (C=O) groups excluding carboxylic acids is 3. The van der Waals surface area contributed by atoms with Gasteiger partial charge < -0.3 is 4.42 Å². The Morgan fingerprint density at radius 2 is 1.73 bits per heavy atom. The number of Topliss-reactive ketones (excluding diaryl/α,β-unsaturated/α-hetero) is 1. The molecule has 1 aliphatic rings. The molecule has 0 aliphatic carbocycles. The molecule has 1 aromatic heterocycles. The highest BCUT2D eigenvalue weighted by Gasteiger charge is 2.36. The Morgan fingerprint density at radius 3 is 2.43 bits per heavy atom. The van der Waals surface area contributed by atoms with Crippen molar-refractivity contribution in [3.63, 3.8) is 0 Å². The number of ketones is 1. The Morgan fingerprint density at radius 1 is 1.03 bits per heavy atom. The van der Waals surface area contributed by atoms with Gasteiger partial charge in [-0.05, 0) is 60.3 Å². The first-order chi connectivity index (χ1) is 14.4. The molecule has 0 spiro atoms. The van der Waals surface area contributed by atoms with E-state index in [1.165, 1.54) is 6.08 Å². The van der Waals surface area contributed by atoms with Gasteiger partial charge in [-0.25, -0.2) is 0 Å². The SMILES string of the molecule is O=C(CN1C(=O)S/C(=C/c2ccc(-c3ccc(Br)cc3)o2)C1=O)c1ccc(Cl)cc1. The molecule has 4 rings (SSSR count). The van der Waals surface area contributed by atoms with E-state index in [1.54, 1.807) is 36.4 Å². The first-order valence-corrected chi connectivity index (χ1v) is 10.8. The number of nitrogens with zero attached hydrogens (tertiary/aromatic N) is 1. The average molecular weight is 503 g/mol. The second-order valence-electron chi connectivity index (χ2n) is 6.41. The van der Waals surface area contributed by atoms with Gasteiger partial charge in [0.15, 0.2) is 5.78 Å². The summed E-state index contributed by atoms with van der Waals surface area (Å²) in [7, 11) is 0. The van der Waals surface area contributed by atoms with Crippen LogP contribution in [0.2, 0.25) is 5.02 Å². The molecule has 0 unspecified atom stereocenters. The monoisotopic (exact) mass is 501 g/mol. The van der Waals surface area contributed by atoms with Crippen molar-refractivity contribution in [3.8, 4) is 11.3 Å². The summed E-state index contributed by atoms with van der Waals surface area (Å²) in [5.41, 5.74) is 1.27. The lowest BCUT2D eigenvalue weighted by Crippen LogP contribution is -2.33. The second kappa shape index (κ2) is 8.63. The number of thioether (sulfide) groups is 1. The summed E-state index contributed by atoms with van der Waals surface area (Å²) in [6, 6.07) is 17.4. The van der Waals surface area contributed by atoms with E-state index in [-0.39, 0.29) is 17.2 Å². The molecular formula is C22H13BrClNO4S. The maximum absolute atomic E-state index is 12.7. The predicted molar refractivity (Wildman–Crippen MR) is 120 cm³/mol. The summed E-state index contributed by atoms with van der Waals surface area (Å²) in [6.07, 6.45) is 1.51. The number of imide groups is 1. The number of furan rings is 1. The molecule has 0 saturated carbocycles. The van der Waals surface area contributed by atoms with Crippen LogP contribution in [0.5, 0.6) is 0 Å². The number of carbonyl (C=O) groups is 3. The number of rotatable bonds is 5. The minimum atomic E-state index is -0.520. The summed E-state index contributed by atoms with van der Waals surface area (Å²) in [4.78, 5) is 38.5. The van der Waals surface area contributed by atoms with Gasteiger partial charge in [0.2, 0.25) is 0 Å². The Bertz CT molecular complexity index is 1170. The molecule has 5 nitrogen and oxygen atoms in total. The van der Waals surface area contributed by atoms with Crippen LogP contribution in [0.3, 0.4) is 0 Å². The van der Waals surface area contributed by atoms with Crippen LogP contribution >= 0.6 is 39.3 Å². The first kappa shape index (κ1) is 20.7. The zero-order chi connectivity index (χ0) is 21.3. The fraction of sp³-hybridized carbons (Fsp3) is 0.0455. The van der Waals surface area contributed by atoms with Gasteiger partial charge in [-0.15, -0.1) is 0 Å². The highest BCUT2D eigenvalue weighted by atomic mass is 79.9. The summed E-state index contributed by atoms with van der Waals surface area (Å²) in [5, 5.41) is 0.00913. The van der Waals surface area contributed by atoms with Gasteiger partial charge >= 0.3 is 0 Å². The number of hydrogen-bond acceptors (Lipinski definition) is 5. The molecule has 2 heterocycles. The summed E-state index contributed by atoms with van der Waals surface area (Å²) in [5.74, 6) is 0.230. The third-order valence-electron chi connectivity index (χ3n) is 4.37. The standard InChI is InChI=1S/C22H13BrClNO4S/c23-15-5-1-14(2-6-15)19-10-9-17(29-19)11-20-21(27)25(22(28)30-20)12-18(26)13-3-7-16(24)8-4-13/h1-11H,12H2/b20-11+. The number of benzene rings is 2. The second-order valence-corrected chi connectivity index (χ2v) is 8.75. The van der Waals surface area contributed by atoms with E-state index < -0.39 is 11.1 Å². The molecule has 2 amide bonds. The quantitative estimate of drug-likeness (QED) is 0.303. The molecule has 0 atom stereocenters. The summed E-state index contributed by atoms with van der Waals surface area (Å²) < 4.78 is 6.74. The molecule has 2 aromatic carbocycles. The minimum Gasteiger partial charge on any atom is -0.457 e. The van der Waals surface area contributed by atoms with Gasteiger partial charge in [0.05, 0.1) is 11.4 Å². The average Bonchev–Trinajstić information content (AvgIpc) is 3.29. The van der Waals surface area contributed by atoms with Crippen molar-refractivity contribution in [1.82, 2.24) is 4.90 Å². The van der Waals surface area contributed by atoms with Gasteiger partial charge in [-0.1, -0.05) is 39.7 Å². The van der Waals surface area contributed by atoms with E-state index in [0.29, 0.717) is 22.1 Å². The van der Waals surface area contributed by atoms with Crippen molar-refractivity contribution >= 4 is 62.3 Å². The smallest absolute Gasteiger partial charge is 0.293 e. The number of amides is 2. The number of hydrogen-bond donors (Lipinski definition) is 0. The van der Waals surface area contributed by atoms with Crippen molar-refractivity contribution in [2.24, 2.45) is 0 Å². The fourth-order valence-corrected chi connectivity index (χ4v) is 4.04. The van der Waals surface area contributed by atoms with E-state index in [2.05, 4.69) is 15.9 Å². The Hall–Kier alpha value is -2.61. The Kier molecular flexibility index (Phi) is 5.94. The van der Waals surface area contributed by atoms with Crippen LogP contribution in [-0.2, 0) is 4.79 Å². The van der Waals surface area contributed by atoms with Crippen LogP contribution in [-0.4, -0.2) is 28.4 Å². The third-order valence-corrected chi connectivity index (χ3v) is 6.06. The van der Waals surface area contributed by atoms with Crippen molar-refractivity contribution in [2.45, 2.75) is 0 Å². The van der Waals surface area contributed by atoms with Crippen molar-refractivity contribution in [2.75, 3.05) is 6.54 Å². The van der Waals surface area contributed by atoms with Crippen molar-refractivity contribution in [1.29, 1.82) is 0 Å². The van der Waals surface area contributed by atoms with Gasteiger partial charge in [0.1, 0.15) is 11.5 Å². The summed E-state index contributed by atoms with van der Waals surface area (Å²) in [6.45, 7) is -0.327. The summed E-state index contributed by atoms with van der Waals surface area (Å²) >= 11 is 9.99. The Balaban J connectivity index is 1.49. The zero-order valence-electron chi connectivity index (χ0n) is 15.3. The van der Waals surface area contributed by atoms with E-state index in [9.17, 15) is 14.4 Å². The molecule has 150 valence electrons. The lowest BCUT2D eigenvalue weighted by molar-refractivity contribution is -0.122. The van der Waals surface area contributed by atoms with Gasteiger partial charge in [0.25, 0.3) is 11.1 Å². The third kappa shape index (κ3) is 4.43. The normalized spacial score (nSPS) is 15.3. The molecule has 30 heavy (non-hydrogen) atoms. The van der Waals surface area contributed by atoms with Crippen LogP contribution in [0.1, 0.15) is 16.1 Å². The maximum Gasteiger partial charge on any atom is 0.293 e. The predicted octanol–water partition coefficient (Wildman–Crippen LogP) is 6.28. The van der Waals surface area contributed by atoms with E-state index in [0.717, 1.165) is 26.7 Å². The zero-order valence-corrected chi connectivity index (χ0v) is 18.5. The molecule has 0 N–H and O–H groups in total. The molecule has 3 aromatic rings. The van der Waals surface area contributed by atoms with Crippen LogP contribution in [0, 0.1) is 0 Å². The lowest BCUT2D eigenvalue weighted by atomic mass is 10.1. The molecule has 1 fully saturated rings. The molecule has 0 radical (unpaired) electrons. The molecule has 0 bridgehead atoms. The molecular weight excluding hydrogens is 490 g/mol. The minimum absolute atomic E-state index is 0.209. The van der Waals surface area contributed by atoms with Crippen molar-refractivity contribution < 1.29 is 18.8 Å². The van der Waals surface area contributed by atoms with Crippen LogP contribution < -0.4 is 0 Å². The van der Waals surface area contributed by atoms with Crippen LogP contribution in [0.15, 0.2) is 74.5 Å². The molecule has 8 heteroatoms. The highest BCUT2D eigenvalue weighted by Crippen LogP contribution is 2.33. The number of halogens is 2. The first-order valence-electron chi connectivity index (χ1n) is 8.80.